The molecule has 2 atom stereocenters. The molecule has 0 aliphatic carbocycles. The van der Waals surface area contributed by atoms with Gasteiger partial charge in [0.2, 0.25) is 0 Å². The molecule has 3 heteroatoms. The zero-order chi connectivity index (χ0) is 13.9. The SMILES string of the molecule is CCC1CNC(C)(CC)CN1c1ccc(SC)cc1. The Morgan fingerprint density at radius 2 is 2.00 bits per heavy atom. The Morgan fingerprint density at radius 1 is 1.32 bits per heavy atom. The molecule has 0 radical (unpaired) electrons. The Hall–Kier alpha value is -0.670. The van der Waals surface area contributed by atoms with Crippen molar-refractivity contribution in [1.29, 1.82) is 0 Å². The third-order valence-electron chi connectivity index (χ3n) is 4.38. The number of piperazine rings is 1. The fraction of sp³-hybridized carbons (Fsp3) is 0.625. The van der Waals surface area contributed by atoms with Gasteiger partial charge in [-0.25, -0.2) is 0 Å². The summed E-state index contributed by atoms with van der Waals surface area (Å²) in [6.45, 7) is 9.08. The first-order chi connectivity index (χ1) is 9.11. The van der Waals surface area contributed by atoms with Gasteiger partial charge in [0, 0.05) is 35.3 Å². The van der Waals surface area contributed by atoms with Gasteiger partial charge in [-0.15, -0.1) is 11.8 Å². The van der Waals surface area contributed by atoms with Crippen molar-refractivity contribution >= 4 is 17.4 Å². The molecule has 19 heavy (non-hydrogen) atoms. The summed E-state index contributed by atoms with van der Waals surface area (Å²) in [5.41, 5.74) is 1.61. The van der Waals surface area contributed by atoms with Crippen molar-refractivity contribution in [2.45, 2.75) is 50.1 Å². The fourth-order valence-corrected chi connectivity index (χ4v) is 3.12. The van der Waals surface area contributed by atoms with E-state index in [1.54, 1.807) is 11.8 Å². The summed E-state index contributed by atoms with van der Waals surface area (Å²) in [6.07, 6.45) is 4.49. The number of benzene rings is 1. The van der Waals surface area contributed by atoms with Gasteiger partial charge >= 0.3 is 0 Å². The number of nitrogens with zero attached hydrogens (tertiary/aromatic N) is 1. The molecule has 0 aromatic heterocycles. The first kappa shape index (κ1) is 14.7. The second-order valence-corrected chi connectivity index (χ2v) is 6.56. The average molecular weight is 278 g/mol. The van der Waals surface area contributed by atoms with E-state index in [2.05, 4.69) is 61.5 Å². The molecule has 0 spiro atoms. The molecule has 1 aromatic rings. The van der Waals surface area contributed by atoms with Crippen molar-refractivity contribution in [2.75, 3.05) is 24.2 Å². The summed E-state index contributed by atoms with van der Waals surface area (Å²) >= 11 is 1.80. The van der Waals surface area contributed by atoms with Crippen molar-refractivity contribution in [3.63, 3.8) is 0 Å². The van der Waals surface area contributed by atoms with E-state index in [1.165, 1.54) is 23.4 Å². The summed E-state index contributed by atoms with van der Waals surface area (Å²) in [6, 6.07) is 9.63. The molecule has 1 aliphatic heterocycles. The van der Waals surface area contributed by atoms with Crippen LogP contribution in [0.25, 0.3) is 0 Å². The zero-order valence-corrected chi connectivity index (χ0v) is 13.4. The van der Waals surface area contributed by atoms with Crippen LogP contribution in [-0.4, -0.2) is 30.9 Å². The van der Waals surface area contributed by atoms with Gasteiger partial charge in [-0.3, -0.25) is 0 Å². The molecule has 2 unspecified atom stereocenters. The minimum atomic E-state index is 0.240. The van der Waals surface area contributed by atoms with Gasteiger partial charge < -0.3 is 10.2 Å². The predicted octanol–water partition coefficient (Wildman–Crippen LogP) is 3.77. The van der Waals surface area contributed by atoms with Gasteiger partial charge in [-0.05, 0) is 50.3 Å². The first-order valence-electron chi connectivity index (χ1n) is 7.27. The van der Waals surface area contributed by atoms with Crippen molar-refractivity contribution in [2.24, 2.45) is 0 Å². The Labute approximate surface area is 122 Å². The second-order valence-electron chi connectivity index (χ2n) is 5.68. The van der Waals surface area contributed by atoms with E-state index in [4.69, 9.17) is 0 Å². The zero-order valence-electron chi connectivity index (χ0n) is 12.6. The molecular weight excluding hydrogens is 252 g/mol. The predicted molar refractivity (Wildman–Crippen MR) is 86.3 cm³/mol. The summed E-state index contributed by atoms with van der Waals surface area (Å²) < 4.78 is 0. The van der Waals surface area contributed by atoms with Crippen LogP contribution in [0.5, 0.6) is 0 Å². The minimum Gasteiger partial charge on any atom is -0.365 e. The Kier molecular flexibility index (Phi) is 4.80. The standard InChI is InChI=1S/C16H26N2S/c1-5-13-11-17-16(3,6-2)12-18(13)14-7-9-15(19-4)10-8-14/h7-10,13,17H,5-6,11-12H2,1-4H3. The maximum absolute atomic E-state index is 3.72. The second kappa shape index (κ2) is 6.19. The lowest BCUT2D eigenvalue weighted by atomic mass is 9.92. The van der Waals surface area contributed by atoms with E-state index < -0.39 is 0 Å². The highest BCUT2D eigenvalue weighted by atomic mass is 32.2. The normalized spacial score (nSPS) is 27.6. The van der Waals surface area contributed by atoms with E-state index >= 15 is 0 Å². The number of anilines is 1. The van der Waals surface area contributed by atoms with Crippen LogP contribution in [0.4, 0.5) is 5.69 Å². The maximum Gasteiger partial charge on any atom is 0.0412 e. The monoisotopic (exact) mass is 278 g/mol. The van der Waals surface area contributed by atoms with E-state index in [9.17, 15) is 0 Å². The summed E-state index contributed by atoms with van der Waals surface area (Å²) in [5, 5.41) is 3.72. The molecule has 0 bridgehead atoms. The lowest BCUT2D eigenvalue weighted by Crippen LogP contribution is -2.62. The number of rotatable bonds is 4. The maximum atomic E-state index is 3.72. The Balaban J connectivity index is 2.21. The summed E-state index contributed by atoms with van der Waals surface area (Å²) in [4.78, 5) is 3.93. The van der Waals surface area contributed by atoms with Crippen LogP contribution in [0, 0.1) is 0 Å². The molecule has 1 aromatic carbocycles. The first-order valence-corrected chi connectivity index (χ1v) is 8.50. The molecule has 1 saturated heterocycles. The highest BCUT2D eigenvalue weighted by molar-refractivity contribution is 7.98. The van der Waals surface area contributed by atoms with Gasteiger partial charge in [0.05, 0.1) is 0 Å². The largest absolute Gasteiger partial charge is 0.365 e. The van der Waals surface area contributed by atoms with Crippen LogP contribution in [0.2, 0.25) is 0 Å². The number of nitrogens with one attached hydrogen (secondary N) is 1. The van der Waals surface area contributed by atoms with Crippen LogP contribution in [0.3, 0.4) is 0 Å². The summed E-state index contributed by atoms with van der Waals surface area (Å²) in [5.74, 6) is 0. The van der Waals surface area contributed by atoms with Crippen LogP contribution >= 0.6 is 11.8 Å². The number of hydrogen-bond donors (Lipinski definition) is 1. The topological polar surface area (TPSA) is 15.3 Å². The van der Waals surface area contributed by atoms with Gasteiger partial charge in [-0.2, -0.15) is 0 Å². The van der Waals surface area contributed by atoms with E-state index in [-0.39, 0.29) is 5.54 Å². The number of hydrogen-bond acceptors (Lipinski definition) is 3. The molecule has 2 nitrogen and oxygen atoms in total. The van der Waals surface area contributed by atoms with E-state index in [0.29, 0.717) is 6.04 Å². The molecule has 1 N–H and O–H groups in total. The van der Waals surface area contributed by atoms with Gasteiger partial charge in [-0.1, -0.05) is 13.8 Å². The van der Waals surface area contributed by atoms with Crippen molar-refractivity contribution < 1.29 is 0 Å². The Morgan fingerprint density at radius 3 is 2.53 bits per heavy atom. The molecule has 2 rings (SSSR count). The molecule has 1 fully saturated rings. The Bertz CT molecular complexity index is 404. The van der Waals surface area contributed by atoms with E-state index in [0.717, 1.165) is 13.1 Å². The van der Waals surface area contributed by atoms with Crippen LogP contribution in [-0.2, 0) is 0 Å². The molecule has 0 saturated carbocycles. The van der Waals surface area contributed by atoms with Crippen LogP contribution in [0.15, 0.2) is 29.2 Å². The van der Waals surface area contributed by atoms with Gasteiger partial charge in [0.25, 0.3) is 0 Å². The number of thioether (sulfide) groups is 1. The smallest absolute Gasteiger partial charge is 0.0412 e. The van der Waals surface area contributed by atoms with E-state index in [1.807, 2.05) is 0 Å². The quantitative estimate of drug-likeness (QED) is 0.844. The van der Waals surface area contributed by atoms with Crippen LogP contribution < -0.4 is 10.2 Å². The van der Waals surface area contributed by atoms with Crippen molar-refractivity contribution in [3.8, 4) is 0 Å². The van der Waals surface area contributed by atoms with Gasteiger partial charge in [0.15, 0.2) is 0 Å². The molecule has 106 valence electrons. The highest BCUT2D eigenvalue weighted by Crippen LogP contribution is 2.28. The third kappa shape index (κ3) is 3.26. The lowest BCUT2D eigenvalue weighted by molar-refractivity contribution is 0.276. The summed E-state index contributed by atoms with van der Waals surface area (Å²) in [7, 11) is 0. The van der Waals surface area contributed by atoms with Gasteiger partial charge in [0.1, 0.15) is 0 Å². The fourth-order valence-electron chi connectivity index (χ4n) is 2.71. The molecule has 1 heterocycles. The molecule has 1 aliphatic rings. The average Bonchev–Trinajstić information content (AvgIpc) is 2.47. The highest BCUT2D eigenvalue weighted by Gasteiger charge is 2.33. The van der Waals surface area contributed by atoms with Crippen LogP contribution in [0.1, 0.15) is 33.6 Å². The molecule has 0 amide bonds. The molecular formula is C16H26N2S. The minimum absolute atomic E-state index is 0.240. The lowest BCUT2D eigenvalue weighted by Gasteiger charge is -2.47. The van der Waals surface area contributed by atoms with Crippen molar-refractivity contribution in [3.05, 3.63) is 24.3 Å². The third-order valence-corrected chi connectivity index (χ3v) is 5.12. The van der Waals surface area contributed by atoms with Crippen molar-refractivity contribution in [1.82, 2.24) is 5.32 Å².